The fraction of sp³-hybridized carbons (Fsp3) is 0.417. The Hall–Kier alpha value is -2.66. The van der Waals surface area contributed by atoms with Crippen molar-refractivity contribution in [3.63, 3.8) is 0 Å². The first-order valence-electron chi connectivity index (χ1n) is 10.2. The van der Waals surface area contributed by atoms with Gasteiger partial charge in [0.05, 0.1) is 20.1 Å². The molecular formula is C24H27NO4. The Morgan fingerprint density at radius 2 is 1.69 bits per heavy atom. The number of Topliss-reactive ketones (excluding diaryl/α,β-unsaturated/α-hetero) is 2. The van der Waals surface area contributed by atoms with Gasteiger partial charge in [0, 0.05) is 18.0 Å². The van der Waals surface area contributed by atoms with Gasteiger partial charge in [0.25, 0.3) is 0 Å². The first kappa shape index (κ1) is 19.6. The SMILES string of the molecule is COc1cc2c(cc1OC)C(=O)C(C(=O)C1CCN(Cc3ccccc3)CC1)C2. The third kappa shape index (κ3) is 3.92. The summed E-state index contributed by atoms with van der Waals surface area (Å²) in [7, 11) is 3.13. The first-order valence-corrected chi connectivity index (χ1v) is 10.2. The normalized spacial score (nSPS) is 19.8. The Bertz CT molecular complexity index is 901. The number of fused-ring (bicyclic) bond motifs is 1. The van der Waals surface area contributed by atoms with Crippen LogP contribution in [0.5, 0.6) is 11.5 Å². The van der Waals surface area contributed by atoms with E-state index in [0.29, 0.717) is 23.5 Å². The van der Waals surface area contributed by atoms with E-state index in [2.05, 4.69) is 29.2 Å². The van der Waals surface area contributed by atoms with Gasteiger partial charge < -0.3 is 9.47 Å². The molecule has 0 bridgehead atoms. The van der Waals surface area contributed by atoms with Gasteiger partial charge in [-0.3, -0.25) is 14.5 Å². The van der Waals surface area contributed by atoms with Crippen LogP contribution in [-0.2, 0) is 17.8 Å². The molecule has 4 rings (SSSR count). The zero-order valence-corrected chi connectivity index (χ0v) is 17.0. The van der Waals surface area contributed by atoms with Crippen LogP contribution in [0.2, 0.25) is 0 Å². The number of carbonyl (C=O) groups excluding carboxylic acids is 2. The Kier molecular flexibility index (Phi) is 5.67. The smallest absolute Gasteiger partial charge is 0.174 e. The maximum absolute atomic E-state index is 13.2. The summed E-state index contributed by atoms with van der Waals surface area (Å²) in [6.45, 7) is 2.69. The summed E-state index contributed by atoms with van der Waals surface area (Å²) >= 11 is 0. The molecule has 5 nitrogen and oxygen atoms in total. The molecular weight excluding hydrogens is 366 g/mol. The van der Waals surface area contributed by atoms with Crippen LogP contribution in [0, 0.1) is 11.8 Å². The second kappa shape index (κ2) is 8.37. The number of ether oxygens (including phenoxy) is 2. The number of ketones is 2. The third-order valence-electron chi connectivity index (χ3n) is 6.20. The van der Waals surface area contributed by atoms with Gasteiger partial charge in [0.15, 0.2) is 17.3 Å². The van der Waals surface area contributed by atoms with Crippen molar-refractivity contribution < 1.29 is 19.1 Å². The number of rotatable bonds is 6. The number of likely N-dealkylation sites (tertiary alicyclic amines) is 1. The Labute approximate surface area is 171 Å². The number of hydrogen-bond acceptors (Lipinski definition) is 5. The molecule has 5 heteroatoms. The van der Waals surface area contributed by atoms with E-state index in [0.717, 1.165) is 38.0 Å². The molecule has 1 aliphatic heterocycles. The van der Waals surface area contributed by atoms with E-state index in [1.807, 2.05) is 12.1 Å². The molecule has 0 radical (unpaired) electrons. The highest BCUT2D eigenvalue weighted by Crippen LogP contribution is 2.38. The minimum atomic E-state index is -0.563. The molecule has 0 saturated carbocycles. The van der Waals surface area contributed by atoms with E-state index in [9.17, 15) is 9.59 Å². The second-order valence-corrected chi connectivity index (χ2v) is 7.92. The van der Waals surface area contributed by atoms with Crippen LogP contribution in [0.4, 0.5) is 0 Å². The number of piperidine rings is 1. The highest BCUT2D eigenvalue weighted by molar-refractivity contribution is 6.14. The number of nitrogens with zero attached hydrogens (tertiary/aromatic N) is 1. The molecule has 29 heavy (non-hydrogen) atoms. The number of carbonyl (C=O) groups is 2. The Balaban J connectivity index is 1.40. The average Bonchev–Trinajstić information content (AvgIpc) is 3.09. The third-order valence-corrected chi connectivity index (χ3v) is 6.20. The van der Waals surface area contributed by atoms with Crippen LogP contribution in [0.3, 0.4) is 0 Å². The zero-order valence-electron chi connectivity index (χ0n) is 17.0. The lowest BCUT2D eigenvalue weighted by molar-refractivity contribution is -0.126. The minimum Gasteiger partial charge on any atom is -0.493 e. The molecule has 1 fully saturated rings. The molecule has 0 spiro atoms. The number of hydrogen-bond donors (Lipinski definition) is 0. The standard InChI is InChI=1S/C24H27NO4/c1-28-21-13-18-12-20(24(27)19(18)14-22(21)29-2)23(26)17-8-10-25(11-9-17)15-16-6-4-3-5-7-16/h3-7,13-14,17,20H,8-12,15H2,1-2H3. The van der Waals surface area contributed by atoms with Crippen LogP contribution in [0.1, 0.15) is 34.3 Å². The Morgan fingerprint density at radius 3 is 2.34 bits per heavy atom. The molecule has 2 aromatic carbocycles. The number of benzene rings is 2. The van der Waals surface area contributed by atoms with E-state index < -0.39 is 5.92 Å². The summed E-state index contributed by atoms with van der Waals surface area (Å²) in [5.74, 6) is 0.561. The van der Waals surface area contributed by atoms with Crippen LogP contribution >= 0.6 is 0 Å². The van der Waals surface area contributed by atoms with Gasteiger partial charge in [-0.15, -0.1) is 0 Å². The van der Waals surface area contributed by atoms with E-state index >= 15 is 0 Å². The van der Waals surface area contributed by atoms with Crippen molar-refractivity contribution in [2.45, 2.75) is 25.8 Å². The average molecular weight is 393 g/mol. The molecule has 0 amide bonds. The predicted octanol–water partition coefficient (Wildman–Crippen LogP) is 3.54. The van der Waals surface area contributed by atoms with Crippen molar-refractivity contribution in [1.82, 2.24) is 4.90 Å². The molecule has 1 atom stereocenters. The summed E-state index contributed by atoms with van der Waals surface area (Å²) < 4.78 is 10.7. The summed E-state index contributed by atoms with van der Waals surface area (Å²) in [6.07, 6.45) is 2.11. The zero-order chi connectivity index (χ0) is 20.4. The largest absolute Gasteiger partial charge is 0.493 e. The van der Waals surface area contributed by atoms with Gasteiger partial charge in [-0.2, -0.15) is 0 Å². The molecule has 1 unspecified atom stereocenters. The second-order valence-electron chi connectivity index (χ2n) is 7.92. The molecule has 1 heterocycles. The van der Waals surface area contributed by atoms with E-state index in [4.69, 9.17) is 9.47 Å². The molecule has 2 aromatic rings. The molecule has 1 saturated heterocycles. The van der Waals surface area contributed by atoms with Crippen LogP contribution in [0.15, 0.2) is 42.5 Å². The van der Waals surface area contributed by atoms with Gasteiger partial charge in [-0.1, -0.05) is 30.3 Å². The summed E-state index contributed by atoms with van der Waals surface area (Å²) in [6, 6.07) is 13.9. The van der Waals surface area contributed by atoms with Crippen molar-refractivity contribution in [3.05, 3.63) is 59.2 Å². The molecule has 2 aliphatic rings. The van der Waals surface area contributed by atoms with Gasteiger partial charge in [-0.05, 0) is 55.6 Å². The predicted molar refractivity (Wildman–Crippen MR) is 111 cm³/mol. The highest BCUT2D eigenvalue weighted by atomic mass is 16.5. The highest BCUT2D eigenvalue weighted by Gasteiger charge is 2.40. The lowest BCUT2D eigenvalue weighted by Crippen LogP contribution is -2.38. The Morgan fingerprint density at radius 1 is 1.03 bits per heavy atom. The first-order chi connectivity index (χ1) is 14.1. The lowest BCUT2D eigenvalue weighted by Gasteiger charge is -2.32. The van der Waals surface area contributed by atoms with Crippen molar-refractivity contribution in [2.24, 2.45) is 11.8 Å². The van der Waals surface area contributed by atoms with E-state index in [1.54, 1.807) is 20.3 Å². The molecule has 1 aliphatic carbocycles. The van der Waals surface area contributed by atoms with Crippen LogP contribution < -0.4 is 9.47 Å². The fourth-order valence-electron chi connectivity index (χ4n) is 4.55. The minimum absolute atomic E-state index is 0.0333. The lowest BCUT2D eigenvalue weighted by atomic mass is 9.84. The quantitative estimate of drug-likeness (QED) is 0.703. The van der Waals surface area contributed by atoms with Crippen molar-refractivity contribution >= 4 is 11.6 Å². The van der Waals surface area contributed by atoms with Gasteiger partial charge in [0.2, 0.25) is 0 Å². The fourth-order valence-corrected chi connectivity index (χ4v) is 4.55. The van der Waals surface area contributed by atoms with E-state index in [1.165, 1.54) is 5.56 Å². The maximum Gasteiger partial charge on any atom is 0.174 e. The number of methoxy groups -OCH3 is 2. The van der Waals surface area contributed by atoms with Gasteiger partial charge in [0.1, 0.15) is 5.78 Å². The van der Waals surface area contributed by atoms with Crippen molar-refractivity contribution in [1.29, 1.82) is 0 Å². The molecule has 152 valence electrons. The van der Waals surface area contributed by atoms with Crippen molar-refractivity contribution in [2.75, 3.05) is 27.3 Å². The summed E-state index contributed by atoms with van der Waals surface area (Å²) in [5, 5.41) is 0. The van der Waals surface area contributed by atoms with Crippen molar-refractivity contribution in [3.8, 4) is 11.5 Å². The van der Waals surface area contributed by atoms with Crippen LogP contribution in [0.25, 0.3) is 0 Å². The molecule has 0 aromatic heterocycles. The van der Waals surface area contributed by atoms with E-state index in [-0.39, 0.29) is 17.5 Å². The summed E-state index contributed by atoms with van der Waals surface area (Å²) in [5.41, 5.74) is 2.77. The topological polar surface area (TPSA) is 55.8 Å². The molecule has 0 N–H and O–H groups in total. The monoisotopic (exact) mass is 393 g/mol. The van der Waals surface area contributed by atoms with Gasteiger partial charge >= 0.3 is 0 Å². The summed E-state index contributed by atoms with van der Waals surface area (Å²) in [4.78, 5) is 28.5. The van der Waals surface area contributed by atoms with Crippen LogP contribution in [-0.4, -0.2) is 43.8 Å². The van der Waals surface area contributed by atoms with Gasteiger partial charge in [-0.25, -0.2) is 0 Å². The maximum atomic E-state index is 13.2.